The molecule has 5 nitrogen and oxygen atoms in total. The number of carbonyl (C=O) groups excluding carboxylic acids is 1. The van der Waals surface area contributed by atoms with E-state index in [1.807, 2.05) is 42.5 Å². The van der Waals surface area contributed by atoms with E-state index < -0.39 is 11.7 Å². The zero-order valence-electron chi connectivity index (χ0n) is 15.5. The molecule has 7 heteroatoms. The molecule has 1 N–H and O–H groups in total. The van der Waals surface area contributed by atoms with Crippen molar-refractivity contribution in [3.8, 4) is 22.8 Å². The molecule has 3 aromatic carbocycles. The SMILES string of the molecule is O=C(Nc1ccc(Br)cc1F)c1cc(-c2ccc3c(c2)OCO3)nc2ccccc12. The smallest absolute Gasteiger partial charge is 0.256 e. The Kier molecular flexibility index (Phi) is 4.59. The third-order valence-electron chi connectivity index (χ3n) is 4.81. The number of halogens is 2. The van der Waals surface area contributed by atoms with Crippen LogP contribution < -0.4 is 14.8 Å². The second-order valence-electron chi connectivity index (χ2n) is 6.72. The zero-order chi connectivity index (χ0) is 20.7. The molecule has 1 aliphatic heterocycles. The number of pyridine rings is 1. The quantitative estimate of drug-likeness (QED) is 0.417. The molecular weight excluding hydrogens is 451 g/mol. The van der Waals surface area contributed by atoms with Crippen LogP contribution in [0.1, 0.15) is 10.4 Å². The Morgan fingerprint density at radius 3 is 2.70 bits per heavy atom. The van der Waals surface area contributed by atoms with Crippen LogP contribution in [-0.4, -0.2) is 17.7 Å². The highest BCUT2D eigenvalue weighted by Gasteiger charge is 2.18. The number of aromatic nitrogens is 1. The van der Waals surface area contributed by atoms with Gasteiger partial charge in [-0.05, 0) is 48.5 Å². The number of hydrogen-bond acceptors (Lipinski definition) is 4. The molecule has 0 fully saturated rings. The molecule has 1 aromatic heterocycles. The van der Waals surface area contributed by atoms with E-state index in [2.05, 4.69) is 21.2 Å². The second-order valence-corrected chi connectivity index (χ2v) is 7.63. The van der Waals surface area contributed by atoms with Crippen LogP contribution in [0.25, 0.3) is 22.2 Å². The Morgan fingerprint density at radius 2 is 1.83 bits per heavy atom. The molecule has 0 saturated heterocycles. The van der Waals surface area contributed by atoms with Crippen molar-refractivity contribution < 1.29 is 18.7 Å². The van der Waals surface area contributed by atoms with Crippen LogP contribution in [-0.2, 0) is 0 Å². The summed E-state index contributed by atoms with van der Waals surface area (Å²) in [7, 11) is 0. The molecule has 0 radical (unpaired) electrons. The molecule has 0 atom stereocenters. The molecule has 0 aliphatic carbocycles. The summed E-state index contributed by atoms with van der Waals surface area (Å²) in [4.78, 5) is 17.8. The first-order chi connectivity index (χ1) is 14.6. The Hall–Kier alpha value is -3.45. The van der Waals surface area contributed by atoms with E-state index >= 15 is 0 Å². The van der Waals surface area contributed by atoms with Crippen molar-refractivity contribution in [2.75, 3.05) is 12.1 Å². The van der Waals surface area contributed by atoms with Crippen LogP contribution in [0, 0.1) is 5.82 Å². The molecule has 0 spiro atoms. The van der Waals surface area contributed by atoms with Crippen molar-refractivity contribution in [1.29, 1.82) is 0 Å². The number of nitrogens with zero attached hydrogens (tertiary/aromatic N) is 1. The normalized spacial score (nSPS) is 12.2. The molecule has 0 unspecified atom stereocenters. The van der Waals surface area contributed by atoms with Gasteiger partial charge in [-0.2, -0.15) is 0 Å². The fourth-order valence-corrected chi connectivity index (χ4v) is 3.68. The van der Waals surface area contributed by atoms with Gasteiger partial charge in [0.05, 0.1) is 22.5 Å². The highest BCUT2D eigenvalue weighted by atomic mass is 79.9. The van der Waals surface area contributed by atoms with Crippen LogP contribution in [0.4, 0.5) is 10.1 Å². The molecular formula is C23H14BrFN2O3. The van der Waals surface area contributed by atoms with E-state index in [4.69, 9.17) is 14.5 Å². The first kappa shape index (κ1) is 18.6. The van der Waals surface area contributed by atoms with E-state index in [1.165, 1.54) is 12.1 Å². The van der Waals surface area contributed by atoms with Crippen LogP contribution in [0.15, 0.2) is 71.2 Å². The summed E-state index contributed by atoms with van der Waals surface area (Å²) in [5, 5.41) is 3.34. The van der Waals surface area contributed by atoms with E-state index in [9.17, 15) is 9.18 Å². The minimum Gasteiger partial charge on any atom is -0.454 e. The monoisotopic (exact) mass is 464 g/mol. The molecule has 148 valence electrons. The van der Waals surface area contributed by atoms with E-state index in [0.29, 0.717) is 38.1 Å². The van der Waals surface area contributed by atoms with Gasteiger partial charge in [-0.15, -0.1) is 0 Å². The lowest BCUT2D eigenvalue weighted by atomic mass is 10.0. The van der Waals surface area contributed by atoms with Crippen molar-refractivity contribution in [1.82, 2.24) is 4.98 Å². The largest absolute Gasteiger partial charge is 0.454 e. The molecule has 0 bridgehead atoms. The fraction of sp³-hybridized carbons (Fsp3) is 0.0435. The molecule has 30 heavy (non-hydrogen) atoms. The zero-order valence-corrected chi connectivity index (χ0v) is 17.1. The fourth-order valence-electron chi connectivity index (χ4n) is 3.35. The van der Waals surface area contributed by atoms with Gasteiger partial charge in [0.15, 0.2) is 11.5 Å². The van der Waals surface area contributed by atoms with E-state index in [-0.39, 0.29) is 12.5 Å². The number of hydrogen-bond donors (Lipinski definition) is 1. The first-order valence-electron chi connectivity index (χ1n) is 9.15. The second kappa shape index (κ2) is 7.42. The molecule has 1 amide bonds. The minimum atomic E-state index is -0.521. The number of ether oxygens (including phenoxy) is 2. The van der Waals surface area contributed by atoms with Crippen LogP contribution >= 0.6 is 15.9 Å². The summed E-state index contributed by atoms with van der Waals surface area (Å²) in [5.41, 5.74) is 2.56. The predicted molar refractivity (Wildman–Crippen MR) is 115 cm³/mol. The minimum absolute atomic E-state index is 0.105. The van der Waals surface area contributed by atoms with Crippen LogP contribution in [0.5, 0.6) is 11.5 Å². The summed E-state index contributed by atoms with van der Waals surface area (Å²) in [6.07, 6.45) is 0. The van der Waals surface area contributed by atoms with Gasteiger partial charge in [0, 0.05) is 15.4 Å². The number of amides is 1. The summed E-state index contributed by atoms with van der Waals surface area (Å²) in [6, 6.07) is 19.0. The Bertz CT molecular complexity index is 1310. The number of anilines is 1. The third kappa shape index (κ3) is 3.37. The Balaban J connectivity index is 1.59. The maximum Gasteiger partial charge on any atom is 0.256 e. The maximum absolute atomic E-state index is 14.2. The van der Waals surface area contributed by atoms with E-state index in [1.54, 1.807) is 12.1 Å². The van der Waals surface area contributed by atoms with Crippen LogP contribution in [0.3, 0.4) is 0 Å². The maximum atomic E-state index is 14.2. The summed E-state index contributed by atoms with van der Waals surface area (Å²) in [6.45, 7) is 0.177. The van der Waals surface area contributed by atoms with Gasteiger partial charge >= 0.3 is 0 Å². The lowest BCUT2D eigenvalue weighted by Crippen LogP contribution is -2.14. The van der Waals surface area contributed by atoms with Gasteiger partial charge in [0.1, 0.15) is 5.82 Å². The number of fused-ring (bicyclic) bond motifs is 2. The van der Waals surface area contributed by atoms with Crippen molar-refractivity contribution in [3.63, 3.8) is 0 Å². The van der Waals surface area contributed by atoms with Crippen molar-refractivity contribution >= 4 is 38.4 Å². The third-order valence-corrected chi connectivity index (χ3v) is 5.30. The van der Waals surface area contributed by atoms with E-state index in [0.717, 1.165) is 5.56 Å². The van der Waals surface area contributed by atoms with Gasteiger partial charge in [-0.1, -0.05) is 34.1 Å². The lowest BCUT2D eigenvalue weighted by molar-refractivity contribution is 0.102. The average molecular weight is 465 g/mol. The van der Waals surface area contributed by atoms with Gasteiger partial charge in [-0.3, -0.25) is 4.79 Å². The van der Waals surface area contributed by atoms with Gasteiger partial charge < -0.3 is 14.8 Å². The number of benzene rings is 3. The predicted octanol–water partition coefficient (Wildman–Crippen LogP) is 5.78. The van der Waals surface area contributed by atoms with Crippen molar-refractivity contribution in [2.24, 2.45) is 0 Å². The molecule has 4 aromatic rings. The van der Waals surface area contributed by atoms with Crippen molar-refractivity contribution in [3.05, 3.63) is 82.6 Å². The highest BCUT2D eigenvalue weighted by Crippen LogP contribution is 2.36. The molecule has 0 saturated carbocycles. The van der Waals surface area contributed by atoms with Gasteiger partial charge in [0.2, 0.25) is 6.79 Å². The lowest BCUT2D eigenvalue weighted by Gasteiger charge is -2.11. The first-order valence-corrected chi connectivity index (χ1v) is 9.94. The number of nitrogens with one attached hydrogen (secondary N) is 1. The topological polar surface area (TPSA) is 60.5 Å². The summed E-state index contributed by atoms with van der Waals surface area (Å²) >= 11 is 3.22. The van der Waals surface area contributed by atoms with Crippen molar-refractivity contribution in [2.45, 2.75) is 0 Å². The number of para-hydroxylation sites is 1. The highest BCUT2D eigenvalue weighted by molar-refractivity contribution is 9.10. The molecule has 5 rings (SSSR count). The summed E-state index contributed by atoms with van der Waals surface area (Å²) < 4.78 is 25.6. The Morgan fingerprint density at radius 1 is 1.00 bits per heavy atom. The average Bonchev–Trinajstić information content (AvgIpc) is 3.22. The number of rotatable bonds is 3. The summed E-state index contributed by atoms with van der Waals surface area (Å²) in [5.74, 6) is 0.359. The number of carbonyl (C=O) groups is 1. The van der Waals surface area contributed by atoms with Gasteiger partial charge in [0.25, 0.3) is 5.91 Å². The Labute approximate surface area is 179 Å². The van der Waals surface area contributed by atoms with Crippen LogP contribution in [0.2, 0.25) is 0 Å². The molecule has 2 heterocycles. The van der Waals surface area contributed by atoms with Gasteiger partial charge in [-0.25, -0.2) is 9.37 Å². The molecule has 1 aliphatic rings. The standard InChI is InChI=1S/C23H14BrFN2O3/c24-14-6-7-19(17(25)10-14)27-23(28)16-11-20(26-18-4-2-1-3-15(16)18)13-5-8-21-22(9-13)30-12-29-21/h1-11H,12H2,(H,27,28).